The van der Waals surface area contributed by atoms with Crippen molar-refractivity contribution in [3.05, 3.63) is 122 Å². The van der Waals surface area contributed by atoms with Gasteiger partial charge in [-0.25, -0.2) is 0 Å². The van der Waals surface area contributed by atoms with Crippen LogP contribution in [0.2, 0.25) is 0 Å². The van der Waals surface area contributed by atoms with Crippen molar-refractivity contribution in [2.24, 2.45) is 0 Å². The monoisotopic (exact) mass is 596 g/mol. The van der Waals surface area contributed by atoms with Gasteiger partial charge in [-0.3, -0.25) is 34.3 Å². The van der Waals surface area contributed by atoms with Gasteiger partial charge in [0.05, 0.1) is 31.0 Å². The molecule has 0 spiro atoms. The van der Waals surface area contributed by atoms with Gasteiger partial charge in [0.2, 0.25) is 5.69 Å². The molecule has 0 aliphatic heterocycles. The van der Waals surface area contributed by atoms with E-state index in [0.29, 0.717) is 33.8 Å². The highest BCUT2D eigenvalue weighted by Crippen LogP contribution is 2.34. The first-order valence-corrected chi connectivity index (χ1v) is 13.8. The molecule has 4 aromatic carbocycles. The fourth-order valence-corrected chi connectivity index (χ4v) is 4.74. The van der Waals surface area contributed by atoms with Crippen LogP contribution in [0.3, 0.4) is 0 Å². The summed E-state index contributed by atoms with van der Waals surface area (Å²) in [6.45, 7) is 5.67. The van der Waals surface area contributed by atoms with Gasteiger partial charge in [0.1, 0.15) is 0 Å². The van der Waals surface area contributed by atoms with Gasteiger partial charge in [0, 0.05) is 46.3 Å². The van der Waals surface area contributed by atoms with Gasteiger partial charge in [-0.2, -0.15) is 0 Å². The van der Waals surface area contributed by atoms with Crippen LogP contribution in [0.25, 0.3) is 11.1 Å². The van der Waals surface area contributed by atoms with Gasteiger partial charge < -0.3 is 10.6 Å². The van der Waals surface area contributed by atoms with Crippen LogP contribution in [-0.4, -0.2) is 42.8 Å². The first-order chi connectivity index (χ1) is 20.5. The second-order valence-corrected chi connectivity index (χ2v) is 12.3. The summed E-state index contributed by atoms with van der Waals surface area (Å²) < 4.78 is 0.258. The summed E-state index contributed by atoms with van der Waals surface area (Å²) in [4.78, 5) is 48.0. The Morgan fingerprint density at radius 1 is 0.636 bits per heavy atom. The number of anilines is 2. The number of rotatable bonds is 8. The summed E-state index contributed by atoms with van der Waals surface area (Å²) in [6.07, 6.45) is 0. The van der Waals surface area contributed by atoms with Crippen molar-refractivity contribution in [1.82, 2.24) is 4.48 Å². The minimum Gasteiger partial charge on any atom is -0.322 e. The zero-order valence-corrected chi connectivity index (χ0v) is 25.4. The van der Waals surface area contributed by atoms with Gasteiger partial charge in [-0.1, -0.05) is 45.0 Å². The molecule has 0 aliphatic rings. The van der Waals surface area contributed by atoms with Crippen molar-refractivity contribution in [3.63, 3.8) is 0 Å². The van der Waals surface area contributed by atoms with E-state index in [0.717, 1.165) is 11.1 Å². The van der Waals surface area contributed by atoms with Crippen molar-refractivity contribution in [2.75, 3.05) is 31.8 Å². The maximum absolute atomic E-state index is 12.9. The zero-order chi connectivity index (χ0) is 32.4. The Balaban J connectivity index is 1.44. The van der Waals surface area contributed by atoms with Crippen LogP contribution in [0.5, 0.6) is 0 Å². The Kier molecular flexibility index (Phi) is 8.64. The van der Waals surface area contributed by atoms with Crippen molar-refractivity contribution < 1.29 is 19.4 Å². The molecule has 0 aromatic heterocycles. The molecule has 4 rings (SSSR count). The van der Waals surface area contributed by atoms with Crippen LogP contribution in [0.4, 0.5) is 28.4 Å². The number of nitrogens with zero attached hydrogens (tertiary/aromatic N) is 3. The molecule has 0 unspecified atom stereocenters. The highest BCUT2D eigenvalue weighted by atomic mass is 16.6. The number of benzene rings is 4. The summed E-state index contributed by atoms with van der Waals surface area (Å²) in [5.41, 5.74) is 3.53. The Hall–Kier alpha value is -5.42. The number of quaternary nitrogens is 1. The Bertz CT molecular complexity index is 1620. The van der Waals surface area contributed by atoms with E-state index in [1.165, 1.54) is 12.1 Å². The fraction of sp³-hybridized carbons (Fsp3) is 0.212. The highest BCUT2D eigenvalue weighted by Gasteiger charge is 2.27. The Morgan fingerprint density at radius 3 is 1.43 bits per heavy atom. The smallest absolute Gasteiger partial charge is 0.322 e. The van der Waals surface area contributed by atoms with Crippen molar-refractivity contribution >= 4 is 40.3 Å². The lowest BCUT2D eigenvalue weighted by molar-refractivity contribution is -0.385. The van der Waals surface area contributed by atoms with Crippen LogP contribution < -0.4 is 15.1 Å². The van der Waals surface area contributed by atoms with Gasteiger partial charge in [0.15, 0.2) is 0 Å². The molecule has 0 fully saturated rings. The third-order valence-electron chi connectivity index (χ3n) is 7.04. The summed E-state index contributed by atoms with van der Waals surface area (Å²) in [7, 11) is 5.48. The number of carbonyl (C=O) groups excluding carboxylic acids is 2. The van der Waals surface area contributed by atoms with Crippen LogP contribution in [0, 0.1) is 20.2 Å². The largest absolute Gasteiger partial charge is 0.331 e. The number of nitro benzene ring substituents is 2. The quantitative estimate of drug-likeness (QED) is 0.125. The van der Waals surface area contributed by atoms with Gasteiger partial charge in [-0.05, 0) is 59.0 Å². The summed E-state index contributed by atoms with van der Waals surface area (Å²) in [6, 6.07) is 23.0. The molecule has 0 saturated heterocycles. The SMILES string of the molecule is CC(C)(C)c1ccc(NC(=O)c2ccc(-c3ccc(C(=O)Nc4ccc([N+](C)(C)C)c([N+](=O)[O-])c4)cc3)cc2)cc1[N+](=O)[O-]. The summed E-state index contributed by atoms with van der Waals surface area (Å²) in [5, 5.41) is 28.7. The van der Waals surface area contributed by atoms with Crippen molar-refractivity contribution in [1.29, 1.82) is 0 Å². The zero-order valence-electron chi connectivity index (χ0n) is 25.4. The maximum Gasteiger partial charge on any atom is 0.331 e. The molecule has 0 heterocycles. The topological polar surface area (TPSA) is 144 Å². The van der Waals surface area contributed by atoms with Crippen LogP contribution in [0.1, 0.15) is 47.1 Å². The normalized spacial score (nSPS) is 11.5. The van der Waals surface area contributed by atoms with Crippen molar-refractivity contribution in [3.8, 4) is 11.1 Å². The first-order valence-electron chi connectivity index (χ1n) is 13.8. The molecule has 44 heavy (non-hydrogen) atoms. The molecule has 0 saturated carbocycles. The summed E-state index contributed by atoms with van der Waals surface area (Å²) >= 11 is 0. The van der Waals surface area contributed by atoms with E-state index in [9.17, 15) is 29.8 Å². The predicted octanol–water partition coefficient (Wildman–Crippen LogP) is 7.17. The molecule has 2 N–H and O–H groups in total. The predicted molar refractivity (Wildman–Crippen MR) is 172 cm³/mol. The molecule has 11 heteroatoms. The molecule has 226 valence electrons. The number of hydrogen-bond acceptors (Lipinski definition) is 6. The van der Waals surface area contributed by atoms with Gasteiger partial charge in [-0.15, -0.1) is 0 Å². The van der Waals surface area contributed by atoms with E-state index < -0.39 is 27.1 Å². The third kappa shape index (κ3) is 7.13. The van der Waals surface area contributed by atoms with Crippen LogP contribution in [0.15, 0.2) is 84.9 Å². The number of nitro groups is 2. The van der Waals surface area contributed by atoms with Crippen molar-refractivity contribution in [2.45, 2.75) is 26.2 Å². The second kappa shape index (κ2) is 12.1. The molecule has 11 nitrogen and oxygen atoms in total. The lowest BCUT2D eigenvalue weighted by Gasteiger charge is -2.23. The van der Waals surface area contributed by atoms with E-state index in [-0.39, 0.29) is 15.9 Å². The van der Waals surface area contributed by atoms with E-state index in [1.807, 2.05) is 41.9 Å². The van der Waals surface area contributed by atoms with Crippen LogP contribution >= 0.6 is 0 Å². The number of amides is 2. The molecule has 0 atom stereocenters. The second-order valence-electron chi connectivity index (χ2n) is 12.3. The molecule has 0 radical (unpaired) electrons. The minimum absolute atomic E-state index is 0.0538. The lowest BCUT2D eigenvalue weighted by atomic mass is 9.85. The van der Waals surface area contributed by atoms with E-state index in [1.54, 1.807) is 72.8 Å². The lowest BCUT2D eigenvalue weighted by Crippen LogP contribution is -2.35. The molecular weight excluding hydrogens is 562 g/mol. The van der Waals surface area contributed by atoms with Gasteiger partial charge >= 0.3 is 5.69 Å². The standard InChI is InChI=1S/C33H33N5O6/c1-33(2,3)27-17-15-25(19-28(27)36(41)42)34-31(39)23-11-7-21(8-12-23)22-9-13-24(14-10-22)32(40)35-26-16-18-30(38(4,5)6)29(20-26)37(43)44/h7-20H,1-6H3,(H-,34,35,39,40)/p+1. The van der Waals surface area contributed by atoms with Gasteiger partial charge in [0.25, 0.3) is 17.5 Å². The van der Waals surface area contributed by atoms with E-state index in [4.69, 9.17) is 0 Å². The first kappa shape index (κ1) is 31.5. The number of nitrogens with one attached hydrogen (secondary N) is 2. The van der Waals surface area contributed by atoms with E-state index in [2.05, 4.69) is 10.6 Å². The Labute approximate surface area is 255 Å². The minimum atomic E-state index is -0.464. The Morgan fingerprint density at radius 2 is 1.05 bits per heavy atom. The average Bonchev–Trinajstić information content (AvgIpc) is 2.96. The summed E-state index contributed by atoms with van der Waals surface area (Å²) in [5.74, 6) is -0.817. The third-order valence-corrected chi connectivity index (χ3v) is 7.04. The number of hydrogen-bond donors (Lipinski definition) is 2. The fourth-order valence-electron chi connectivity index (χ4n) is 4.74. The highest BCUT2D eigenvalue weighted by molar-refractivity contribution is 6.05. The van der Waals surface area contributed by atoms with E-state index >= 15 is 0 Å². The molecule has 0 aliphatic carbocycles. The molecule has 0 bridgehead atoms. The maximum atomic E-state index is 12.9. The molecule has 2 amide bonds. The average molecular weight is 597 g/mol. The molecular formula is C33H34N5O6+. The van der Waals surface area contributed by atoms with Crippen LogP contribution in [-0.2, 0) is 5.41 Å². The molecule has 4 aromatic rings. The number of carbonyl (C=O) groups is 2.